The second kappa shape index (κ2) is 9.23. The van der Waals surface area contributed by atoms with E-state index in [9.17, 15) is 19.5 Å². The van der Waals surface area contributed by atoms with Crippen molar-refractivity contribution in [3.05, 3.63) is 64.7 Å². The smallest absolute Gasteiger partial charge is 0.346 e. The summed E-state index contributed by atoms with van der Waals surface area (Å²) in [6, 6.07) is 13.5. The first-order valence-electron chi connectivity index (χ1n) is 10.4. The van der Waals surface area contributed by atoms with Gasteiger partial charge in [-0.3, -0.25) is 9.88 Å². The molecule has 0 aliphatic carbocycles. The molecule has 0 fully saturated rings. The summed E-state index contributed by atoms with van der Waals surface area (Å²) < 4.78 is 12.4. The minimum atomic E-state index is -4.46. The van der Waals surface area contributed by atoms with Crippen LogP contribution < -0.4 is 5.32 Å². The molecule has 0 aromatic heterocycles. The average Bonchev–Trinajstić information content (AvgIpc) is 2.60. The Kier molecular flexibility index (Phi) is 7.58. The first-order valence-corrected chi connectivity index (χ1v) is 12.1. The fourth-order valence-corrected chi connectivity index (χ4v) is 4.47. The van der Waals surface area contributed by atoms with E-state index in [4.69, 9.17) is 0 Å². The molecule has 2 rings (SSSR count). The first-order chi connectivity index (χ1) is 13.7. The van der Waals surface area contributed by atoms with Crippen LogP contribution in [-0.4, -0.2) is 21.4 Å². The molecular weight excluding hydrogens is 397 g/mol. The van der Waals surface area contributed by atoms with E-state index in [0.29, 0.717) is 23.2 Å². The first kappa shape index (κ1) is 24.6. The molecule has 1 unspecified atom stereocenters. The lowest BCUT2D eigenvalue weighted by Gasteiger charge is -2.30. The van der Waals surface area contributed by atoms with Gasteiger partial charge in [-0.15, -0.1) is 0 Å². The van der Waals surface area contributed by atoms with Crippen LogP contribution in [0.25, 0.3) is 0 Å². The van der Waals surface area contributed by atoms with Crippen molar-refractivity contribution in [2.75, 3.05) is 6.54 Å². The molecule has 5 nitrogen and oxygen atoms in total. The number of rotatable bonds is 7. The minimum absolute atomic E-state index is 0.201. The van der Waals surface area contributed by atoms with Gasteiger partial charge in [0.05, 0.1) is 0 Å². The molecule has 0 amide bonds. The molecule has 0 bridgehead atoms. The SMILES string of the molecule is CC(C)(C)c1cc(C(NCCCc2ccccc2)P(=O)(O)O)cc(C(C)(C)C)c1O. The molecule has 166 valence electrons. The number of aromatic hydroxyl groups is 1. The summed E-state index contributed by atoms with van der Waals surface area (Å²) in [5.74, 6) is -0.914. The topological polar surface area (TPSA) is 89.8 Å². The summed E-state index contributed by atoms with van der Waals surface area (Å²) in [7, 11) is -4.46. The monoisotopic (exact) mass is 433 g/mol. The number of aryl methyl sites for hydroxylation is 1. The summed E-state index contributed by atoms with van der Waals surface area (Å²) in [5, 5.41) is 14.0. The Morgan fingerprint density at radius 3 is 1.87 bits per heavy atom. The van der Waals surface area contributed by atoms with Crippen molar-refractivity contribution in [1.29, 1.82) is 0 Å². The van der Waals surface area contributed by atoms with Gasteiger partial charge >= 0.3 is 7.60 Å². The standard InChI is InChI=1S/C24H36NO4P/c1-23(2,3)19-15-18(16-20(21(19)26)24(4,5)6)22(30(27,28)29)25-14-10-13-17-11-8-7-9-12-17/h7-9,11-12,15-16,22,25-26H,10,13-14H2,1-6H3,(H2,27,28,29). The molecular formula is C24H36NO4P. The number of hydrogen-bond donors (Lipinski definition) is 4. The van der Waals surface area contributed by atoms with Gasteiger partial charge in [-0.05, 0) is 64.6 Å². The van der Waals surface area contributed by atoms with Crippen LogP contribution in [0.3, 0.4) is 0 Å². The van der Waals surface area contributed by atoms with Gasteiger partial charge in [0.1, 0.15) is 11.5 Å². The molecule has 0 radical (unpaired) electrons. The van der Waals surface area contributed by atoms with E-state index in [-0.39, 0.29) is 16.6 Å². The maximum atomic E-state index is 12.4. The quantitative estimate of drug-likeness (QED) is 0.347. The van der Waals surface area contributed by atoms with Crippen molar-refractivity contribution >= 4 is 7.60 Å². The Hall–Kier alpha value is -1.65. The van der Waals surface area contributed by atoms with E-state index in [0.717, 1.165) is 12.8 Å². The lowest BCUT2D eigenvalue weighted by molar-refractivity contribution is 0.346. The van der Waals surface area contributed by atoms with E-state index < -0.39 is 13.4 Å². The van der Waals surface area contributed by atoms with Gasteiger partial charge in [0.15, 0.2) is 0 Å². The summed E-state index contributed by atoms with van der Waals surface area (Å²) in [6.07, 6.45) is 1.59. The maximum absolute atomic E-state index is 12.4. The Morgan fingerprint density at radius 1 is 0.933 bits per heavy atom. The predicted molar refractivity (Wildman–Crippen MR) is 123 cm³/mol. The van der Waals surface area contributed by atoms with Gasteiger partial charge in [0, 0.05) is 0 Å². The number of nitrogens with one attached hydrogen (secondary N) is 1. The Bertz CT molecular complexity index is 857. The molecule has 1 atom stereocenters. The van der Waals surface area contributed by atoms with Crippen molar-refractivity contribution in [1.82, 2.24) is 5.32 Å². The second-order valence-electron chi connectivity index (χ2n) is 10.00. The van der Waals surface area contributed by atoms with Gasteiger partial charge in [0.25, 0.3) is 0 Å². The van der Waals surface area contributed by atoms with Crippen LogP contribution >= 0.6 is 7.60 Å². The third-order valence-electron chi connectivity index (χ3n) is 5.22. The van der Waals surface area contributed by atoms with Crippen LogP contribution in [0.15, 0.2) is 42.5 Å². The molecule has 2 aromatic carbocycles. The highest BCUT2D eigenvalue weighted by molar-refractivity contribution is 7.52. The molecule has 0 saturated carbocycles. The molecule has 6 heteroatoms. The summed E-state index contributed by atoms with van der Waals surface area (Å²) in [4.78, 5) is 20.2. The molecule has 4 N–H and O–H groups in total. The largest absolute Gasteiger partial charge is 0.507 e. The fraction of sp³-hybridized carbons (Fsp3) is 0.500. The van der Waals surface area contributed by atoms with Crippen LogP contribution in [0.2, 0.25) is 0 Å². The number of phenols is 1. The minimum Gasteiger partial charge on any atom is -0.507 e. The fourth-order valence-electron chi connectivity index (χ4n) is 3.57. The van der Waals surface area contributed by atoms with Crippen molar-refractivity contribution in [3.8, 4) is 5.75 Å². The van der Waals surface area contributed by atoms with Gasteiger partial charge in [-0.1, -0.05) is 71.9 Å². The third kappa shape index (κ3) is 6.42. The molecule has 0 spiro atoms. The Labute approximate surface area is 180 Å². The van der Waals surface area contributed by atoms with Crippen LogP contribution in [0.4, 0.5) is 0 Å². The lowest BCUT2D eigenvalue weighted by atomic mass is 9.78. The van der Waals surface area contributed by atoms with E-state index in [2.05, 4.69) is 5.32 Å². The molecule has 0 saturated heterocycles. The average molecular weight is 434 g/mol. The summed E-state index contributed by atoms with van der Waals surface area (Å²) in [6.45, 7) is 12.4. The van der Waals surface area contributed by atoms with Crippen molar-refractivity contribution < 1.29 is 19.5 Å². The van der Waals surface area contributed by atoms with E-state index in [1.54, 1.807) is 12.1 Å². The van der Waals surface area contributed by atoms with E-state index in [1.807, 2.05) is 71.9 Å². The summed E-state index contributed by atoms with van der Waals surface area (Å²) >= 11 is 0. The van der Waals surface area contributed by atoms with Gasteiger partial charge in [-0.2, -0.15) is 0 Å². The zero-order valence-corrected chi connectivity index (χ0v) is 19.8. The van der Waals surface area contributed by atoms with Gasteiger partial charge < -0.3 is 14.9 Å². The zero-order valence-electron chi connectivity index (χ0n) is 18.9. The van der Waals surface area contributed by atoms with Gasteiger partial charge in [-0.25, -0.2) is 0 Å². The molecule has 0 aliphatic heterocycles. The number of hydrogen-bond acceptors (Lipinski definition) is 3. The highest BCUT2D eigenvalue weighted by atomic mass is 31.2. The van der Waals surface area contributed by atoms with Crippen LogP contribution in [0, 0.1) is 0 Å². The van der Waals surface area contributed by atoms with Crippen molar-refractivity contribution in [3.63, 3.8) is 0 Å². The molecule has 2 aromatic rings. The molecule has 0 heterocycles. The normalized spacial score (nSPS) is 14.0. The van der Waals surface area contributed by atoms with E-state index in [1.165, 1.54) is 5.56 Å². The third-order valence-corrected chi connectivity index (χ3v) is 6.38. The second-order valence-corrected chi connectivity index (χ2v) is 11.7. The van der Waals surface area contributed by atoms with Crippen molar-refractivity contribution in [2.45, 2.75) is 71.0 Å². The molecule has 0 aliphatic rings. The van der Waals surface area contributed by atoms with Crippen LogP contribution in [0.5, 0.6) is 5.75 Å². The Morgan fingerprint density at radius 2 is 1.43 bits per heavy atom. The highest BCUT2D eigenvalue weighted by Crippen LogP contribution is 2.52. The molecule has 30 heavy (non-hydrogen) atoms. The van der Waals surface area contributed by atoms with E-state index >= 15 is 0 Å². The maximum Gasteiger partial charge on any atom is 0.346 e. The van der Waals surface area contributed by atoms with Crippen molar-refractivity contribution in [2.24, 2.45) is 0 Å². The highest BCUT2D eigenvalue weighted by Gasteiger charge is 2.34. The van der Waals surface area contributed by atoms with Crippen LogP contribution in [-0.2, 0) is 21.8 Å². The predicted octanol–water partition coefficient (Wildman–Crippen LogP) is 5.39. The number of benzene rings is 2. The summed E-state index contributed by atoms with van der Waals surface area (Å²) in [5.41, 5.74) is 2.35. The lowest BCUT2D eigenvalue weighted by Crippen LogP contribution is -2.25. The van der Waals surface area contributed by atoms with Gasteiger partial charge in [0.2, 0.25) is 0 Å². The number of phenolic OH excluding ortho intramolecular Hbond substituents is 1. The van der Waals surface area contributed by atoms with Crippen LogP contribution in [0.1, 0.15) is 76.0 Å². The Balaban J connectivity index is 2.35. The zero-order chi connectivity index (χ0) is 22.7.